The van der Waals surface area contributed by atoms with Crippen molar-refractivity contribution in [1.82, 2.24) is 9.97 Å². The zero-order valence-corrected chi connectivity index (χ0v) is 14.6. The Balaban J connectivity index is 1.44. The average Bonchev–Trinajstić information content (AvgIpc) is 3.14. The minimum atomic E-state index is 0.302. The minimum absolute atomic E-state index is 0.302. The molecule has 3 heterocycles. The van der Waals surface area contributed by atoms with Crippen LogP contribution in [-0.4, -0.2) is 29.3 Å². The summed E-state index contributed by atoms with van der Waals surface area (Å²) in [4.78, 5) is 11.3. The van der Waals surface area contributed by atoms with Gasteiger partial charge in [-0.25, -0.2) is 9.97 Å². The molecule has 0 saturated carbocycles. The van der Waals surface area contributed by atoms with Crippen LogP contribution in [-0.2, 0) is 6.54 Å². The molecule has 4 rings (SSSR count). The number of nitrogens with zero attached hydrogens (tertiary/aromatic N) is 3. The highest BCUT2D eigenvalue weighted by atomic mass is 16.7. The Labute approximate surface area is 148 Å². The maximum absolute atomic E-state index is 5.43. The van der Waals surface area contributed by atoms with E-state index in [0.29, 0.717) is 19.4 Å². The summed E-state index contributed by atoms with van der Waals surface area (Å²) >= 11 is 0. The molecule has 1 aromatic heterocycles. The Hall–Kier alpha value is -2.50. The van der Waals surface area contributed by atoms with Crippen molar-refractivity contribution in [3.05, 3.63) is 36.2 Å². The molecule has 0 bridgehead atoms. The molecule has 1 fully saturated rings. The molecular formula is C19H24N4O2. The molecular weight excluding hydrogens is 316 g/mol. The number of hydrogen-bond acceptors (Lipinski definition) is 6. The summed E-state index contributed by atoms with van der Waals surface area (Å²) in [5.41, 5.74) is 1.13. The number of anilines is 2. The van der Waals surface area contributed by atoms with Crippen LogP contribution >= 0.6 is 0 Å². The molecule has 0 aliphatic carbocycles. The third kappa shape index (κ3) is 3.48. The van der Waals surface area contributed by atoms with Gasteiger partial charge in [0.15, 0.2) is 11.5 Å². The molecule has 25 heavy (non-hydrogen) atoms. The van der Waals surface area contributed by atoms with Crippen LogP contribution in [0.5, 0.6) is 11.5 Å². The molecule has 1 N–H and O–H groups in total. The van der Waals surface area contributed by atoms with Crippen molar-refractivity contribution in [2.24, 2.45) is 0 Å². The molecule has 1 unspecified atom stereocenters. The number of nitrogens with one attached hydrogen (secondary N) is 1. The van der Waals surface area contributed by atoms with Gasteiger partial charge >= 0.3 is 0 Å². The lowest BCUT2D eigenvalue weighted by Crippen LogP contribution is -2.39. The average molecular weight is 340 g/mol. The number of rotatable bonds is 5. The number of piperidine rings is 1. The second kappa shape index (κ2) is 7.17. The first kappa shape index (κ1) is 16.0. The lowest BCUT2D eigenvalue weighted by atomic mass is 10.0. The van der Waals surface area contributed by atoms with Gasteiger partial charge in [-0.05, 0) is 43.4 Å². The third-order valence-corrected chi connectivity index (χ3v) is 4.96. The normalized spacial score (nSPS) is 19.1. The maximum Gasteiger partial charge on any atom is 0.231 e. The third-order valence-electron chi connectivity index (χ3n) is 4.96. The van der Waals surface area contributed by atoms with E-state index in [2.05, 4.69) is 33.2 Å². The molecule has 6 nitrogen and oxygen atoms in total. The highest BCUT2D eigenvalue weighted by Gasteiger charge is 2.22. The van der Waals surface area contributed by atoms with Crippen LogP contribution in [0.4, 0.5) is 11.6 Å². The summed E-state index contributed by atoms with van der Waals surface area (Å²) in [6.07, 6.45) is 6.61. The molecule has 1 aromatic carbocycles. The SMILES string of the molecule is CCC1CCCCN1c1cc(NCc2ccc3c(c2)OCO3)ncn1. The Morgan fingerprint density at radius 2 is 2.08 bits per heavy atom. The topological polar surface area (TPSA) is 59.5 Å². The van der Waals surface area contributed by atoms with Crippen LogP contribution in [0.2, 0.25) is 0 Å². The van der Waals surface area contributed by atoms with Gasteiger partial charge in [0.25, 0.3) is 0 Å². The smallest absolute Gasteiger partial charge is 0.231 e. The summed E-state index contributed by atoms with van der Waals surface area (Å²) < 4.78 is 10.8. The van der Waals surface area contributed by atoms with Crippen molar-refractivity contribution in [3.8, 4) is 11.5 Å². The molecule has 1 saturated heterocycles. The van der Waals surface area contributed by atoms with Gasteiger partial charge in [0.2, 0.25) is 6.79 Å². The highest BCUT2D eigenvalue weighted by molar-refractivity contribution is 5.50. The van der Waals surface area contributed by atoms with E-state index < -0.39 is 0 Å². The zero-order valence-electron chi connectivity index (χ0n) is 14.6. The summed E-state index contributed by atoms with van der Waals surface area (Å²) in [5, 5.41) is 3.39. The fourth-order valence-corrected chi connectivity index (χ4v) is 3.57. The number of ether oxygens (including phenoxy) is 2. The van der Waals surface area contributed by atoms with E-state index >= 15 is 0 Å². The van der Waals surface area contributed by atoms with Gasteiger partial charge in [0.1, 0.15) is 18.0 Å². The monoisotopic (exact) mass is 340 g/mol. The van der Waals surface area contributed by atoms with Crippen molar-refractivity contribution in [1.29, 1.82) is 0 Å². The highest BCUT2D eigenvalue weighted by Crippen LogP contribution is 2.32. The first-order valence-corrected chi connectivity index (χ1v) is 9.04. The largest absolute Gasteiger partial charge is 0.454 e. The van der Waals surface area contributed by atoms with Gasteiger partial charge in [-0.3, -0.25) is 0 Å². The first-order valence-electron chi connectivity index (χ1n) is 9.04. The maximum atomic E-state index is 5.43. The second-order valence-corrected chi connectivity index (χ2v) is 6.55. The van der Waals surface area contributed by atoms with Crippen molar-refractivity contribution >= 4 is 11.6 Å². The Kier molecular flexibility index (Phi) is 4.59. The van der Waals surface area contributed by atoms with Gasteiger partial charge in [-0.1, -0.05) is 13.0 Å². The van der Waals surface area contributed by atoms with Crippen molar-refractivity contribution in [3.63, 3.8) is 0 Å². The van der Waals surface area contributed by atoms with Crippen LogP contribution < -0.4 is 19.7 Å². The van der Waals surface area contributed by atoms with Crippen LogP contribution in [0.1, 0.15) is 38.2 Å². The summed E-state index contributed by atoms with van der Waals surface area (Å²) in [7, 11) is 0. The minimum Gasteiger partial charge on any atom is -0.454 e. The number of benzene rings is 1. The molecule has 1 atom stereocenters. The molecule has 6 heteroatoms. The van der Waals surface area contributed by atoms with Crippen molar-refractivity contribution in [2.45, 2.75) is 45.2 Å². The van der Waals surface area contributed by atoms with E-state index in [0.717, 1.165) is 41.7 Å². The van der Waals surface area contributed by atoms with Crippen LogP contribution in [0, 0.1) is 0 Å². The Morgan fingerprint density at radius 3 is 3.00 bits per heavy atom. The van der Waals surface area contributed by atoms with Crippen LogP contribution in [0.3, 0.4) is 0 Å². The Bertz CT molecular complexity index is 737. The predicted octanol–water partition coefficient (Wildman–Crippen LogP) is 3.59. The van der Waals surface area contributed by atoms with E-state index in [4.69, 9.17) is 9.47 Å². The molecule has 2 aliphatic rings. The summed E-state index contributed by atoms with van der Waals surface area (Å²) in [5.74, 6) is 3.49. The predicted molar refractivity (Wildman–Crippen MR) is 97.2 cm³/mol. The van der Waals surface area contributed by atoms with E-state index in [9.17, 15) is 0 Å². The van der Waals surface area contributed by atoms with Gasteiger partial charge in [-0.2, -0.15) is 0 Å². The van der Waals surface area contributed by atoms with Crippen molar-refractivity contribution < 1.29 is 9.47 Å². The molecule has 132 valence electrons. The standard InChI is InChI=1S/C19H24N4O2/c1-2-15-5-3-4-8-23(15)19-10-18(21-12-22-19)20-11-14-6-7-16-17(9-14)25-13-24-16/h6-7,9-10,12,15H,2-5,8,11,13H2,1H3,(H,20,21,22). The summed E-state index contributed by atoms with van der Waals surface area (Å²) in [6, 6.07) is 8.64. The van der Waals surface area contributed by atoms with E-state index in [-0.39, 0.29) is 0 Å². The first-order chi connectivity index (χ1) is 12.3. The Morgan fingerprint density at radius 1 is 1.16 bits per heavy atom. The molecule has 2 aliphatic heterocycles. The van der Waals surface area contributed by atoms with E-state index in [1.807, 2.05) is 18.2 Å². The second-order valence-electron chi connectivity index (χ2n) is 6.55. The fraction of sp³-hybridized carbons (Fsp3) is 0.474. The van der Waals surface area contributed by atoms with E-state index in [1.54, 1.807) is 6.33 Å². The lowest BCUT2D eigenvalue weighted by molar-refractivity contribution is 0.174. The van der Waals surface area contributed by atoms with Crippen LogP contribution in [0.15, 0.2) is 30.6 Å². The zero-order chi connectivity index (χ0) is 17.1. The molecule has 0 spiro atoms. The number of hydrogen-bond donors (Lipinski definition) is 1. The van der Waals surface area contributed by atoms with Crippen LogP contribution in [0.25, 0.3) is 0 Å². The van der Waals surface area contributed by atoms with Gasteiger partial charge in [0.05, 0.1) is 0 Å². The molecule has 0 amide bonds. The lowest BCUT2D eigenvalue weighted by Gasteiger charge is -2.36. The van der Waals surface area contributed by atoms with E-state index in [1.165, 1.54) is 19.3 Å². The molecule has 0 radical (unpaired) electrons. The number of fused-ring (bicyclic) bond motifs is 1. The van der Waals surface area contributed by atoms with Gasteiger partial charge in [-0.15, -0.1) is 0 Å². The summed E-state index contributed by atoms with van der Waals surface area (Å²) in [6.45, 7) is 4.32. The molecule has 2 aromatic rings. The quantitative estimate of drug-likeness (QED) is 0.898. The van der Waals surface area contributed by atoms with Gasteiger partial charge < -0.3 is 19.7 Å². The van der Waals surface area contributed by atoms with Crippen molar-refractivity contribution in [2.75, 3.05) is 23.6 Å². The fourth-order valence-electron chi connectivity index (χ4n) is 3.57. The number of aromatic nitrogens is 2. The van der Waals surface area contributed by atoms with Gasteiger partial charge in [0, 0.05) is 25.2 Å².